The maximum absolute atomic E-state index is 11.4. The molecule has 0 radical (unpaired) electrons. The van der Waals surface area contributed by atoms with E-state index in [9.17, 15) is 15.0 Å². The predicted molar refractivity (Wildman–Crippen MR) is 112 cm³/mol. The van der Waals surface area contributed by atoms with E-state index < -0.39 is 11.7 Å². The van der Waals surface area contributed by atoms with Crippen LogP contribution in [0.5, 0.6) is 5.75 Å². The summed E-state index contributed by atoms with van der Waals surface area (Å²) in [5, 5.41) is 22.2. The van der Waals surface area contributed by atoms with Gasteiger partial charge in [-0.2, -0.15) is 0 Å². The molecule has 0 amide bonds. The van der Waals surface area contributed by atoms with Crippen LogP contribution in [0.1, 0.15) is 18.4 Å². The van der Waals surface area contributed by atoms with Crippen molar-refractivity contribution < 1.29 is 14.9 Å². The second-order valence-corrected chi connectivity index (χ2v) is 7.73. The van der Waals surface area contributed by atoms with Crippen molar-refractivity contribution in [2.24, 2.45) is 0 Å². The number of aliphatic hydroxyl groups is 2. The largest absolute Gasteiger partial charge is 0.491 e. The van der Waals surface area contributed by atoms with Gasteiger partial charge in [-0.1, -0.05) is 30.3 Å². The number of piperidine rings is 1. The highest BCUT2D eigenvalue weighted by atomic mass is 16.5. The van der Waals surface area contributed by atoms with Crippen molar-refractivity contribution >= 4 is 10.9 Å². The molecule has 6 heteroatoms. The molecule has 1 aliphatic rings. The fourth-order valence-corrected chi connectivity index (χ4v) is 3.91. The number of pyridine rings is 1. The fraction of sp³-hybridized carbons (Fsp3) is 0.348. The molecule has 2 heterocycles. The molecule has 0 aliphatic carbocycles. The SMILES string of the molecule is O=c1ccc2cc(OC[C@@H](O)CN3CCC(O)(c4ccccc4)CC3)ccc2[nH]1. The van der Waals surface area contributed by atoms with Crippen molar-refractivity contribution in [1.82, 2.24) is 9.88 Å². The van der Waals surface area contributed by atoms with Crippen LogP contribution in [0.4, 0.5) is 0 Å². The highest BCUT2D eigenvalue weighted by Gasteiger charge is 2.34. The van der Waals surface area contributed by atoms with Gasteiger partial charge in [0.05, 0.1) is 5.60 Å². The number of aliphatic hydroxyl groups excluding tert-OH is 1. The zero-order valence-electron chi connectivity index (χ0n) is 16.3. The maximum Gasteiger partial charge on any atom is 0.248 e. The van der Waals surface area contributed by atoms with Gasteiger partial charge in [-0.05, 0) is 42.7 Å². The molecule has 152 valence electrons. The topological polar surface area (TPSA) is 85.8 Å². The number of nitrogens with one attached hydrogen (secondary N) is 1. The highest BCUT2D eigenvalue weighted by molar-refractivity contribution is 5.79. The third-order valence-electron chi connectivity index (χ3n) is 5.60. The van der Waals surface area contributed by atoms with Gasteiger partial charge in [0.1, 0.15) is 18.5 Å². The van der Waals surface area contributed by atoms with Gasteiger partial charge in [0.25, 0.3) is 0 Å². The summed E-state index contributed by atoms with van der Waals surface area (Å²) in [6.07, 6.45) is 0.671. The summed E-state index contributed by atoms with van der Waals surface area (Å²) >= 11 is 0. The van der Waals surface area contributed by atoms with Crippen molar-refractivity contribution in [2.45, 2.75) is 24.5 Å². The first-order chi connectivity index (χ1) is 14.0. The first-order valence-electron chi connectivity index (χ1n) is 9.96. The van der Waals surface area contributed by atoms with Crippen LogP contribution in [-0.2, 0) is 5.60 Å². The van der Waals surface area contributed by atoms with E-state index >= 15 is 0 Å². The van der Waals surface area contributed by atoms with Gasteiger partial charge in [0.15, 0.2) is 0 Å². The number of H-pyrrole nitrogens is 1. The lowest BCUT2D eigenvalue weighted by Gasteiger charge is -2.39. The summed E-state index contributed by atoms with van der Waals surface area (Å²) in [6.45, 7) is 2.15. The van der Waals surface area contributed by atoms with Crippen molar-refractivity contribution in [1.29, 1.82) is 0 Å². The molecule has 29 heavy (non-hydrogen) atoms. The average molecular weight is 394 g/mol. The van der Waals surface area contributed by atoms with E-state index in [1.807, 2.05) is 36.4 Å². The van der Waals surface area contributed by atoms with E-state index in [4.69, 9.17) is 4.74 Å². The highest BCUT2D eigenvalue weighted by Crippen LogP contribution is 2.32. The Hall–Kier alpha value is -2.67. The third kappa shape index (κ3) is 4.67. The molecule has 1 aliphatic heterocycles. The maximum atomic E-state index is 11.4. The van der Waals surface area contributed by atoms with Gasteiger partial charge < -0.3 is 24.8 Å². The van der Waals surface area contributed by atoms with Gasteiger partial charge in [-0.3, -0.25) is 4.79 Å². The van der Waals surface area contributed by atoms with Crippen LogP contribution in [0.2, 0.25) is 0 Å². The van der Waals surface area contributed by atoms with E-state index in [1.54, 1.807) is 18.2 Å². The molecule has 1 fully saturated rings. The van der Waals surface area contributed by atoms with E-state index in [1.165, 1.54) is 6.07 Å². The lowest BCUT2D eigenvalue weighted by Crippen LogP contribution is -2.46. The molecule has 0 bridgehead atoms. The third-order valence-corrected chi connectivity index (χ3v) is 5.60. The van der Waals surface area contributed by atoms with Crippen LogP contribution in [0.15, 0.2) is 65.5 Å². The quantitative estimate of drug-likeness (QED) is 0.597. The number of fused-ring (bicyclic) bond motifs is 1. The number of rotatable bonds is 6. The summed E-state index contributed by atoms with van der Waals surface area (Å²) < 4.78 is 5.74. The number of nitrogens with zero attached hydrogens (tertiary/aromatic N) is 1. The molecular formula is C23H26N2O4. The van der Waals surface area contributed by atoms with Crippen LogP contribution in [-0.4, -0.2) is 52.4 Å². The number of β-amino-alcohol motifs (C(OH)–C–C–N with tert-alkyl or cyclic N) is 1. The molecule has 1 atom stereocenters. The molecule has 1 aromatic heterocycles. The zero-order chi connectivity index (χ0) is 20.3. The van der Waals surface area contributed by atoms with Crippen LogP contribution in [0.3, 0.4) is 0 Å². The molecule has 3 aromatic rings. The lowest BCUT2D eigenvalue weighted by molar-refractivity contribution is -0.0372. The summed E-state index contributed by atoms with van der Waals surface area (Å²) in [4.78, 5) is 16.3. The summed E-state index contributed by atoms with van der Waals surface area (Å²) in [7, 11) is 0. The summed E-state index contributed by atoms with van der Waals surface area (Å²) in [5.74, 6) is 0.653. The van der Waals surface area contributed by atoms with Crippen molar-refractivity contribution in [2.75, 3.05) is 26.2 Å². The number of benzene rings is 2. The van der Waals surface area contributed by atoms with E-state index in [0.717, 1.165) is 29.6 Å². The Balaban J connectivity index is 1.28. The second kappa shape index (κ2) is 8.37. The van der Waals surface area contributed by atoms with E-state index in [-0.39, 0.29) is 12.2 Å². The first-order valence-corrected chi connectivity index (χ1v) is 9.96. The number of aromatic amines is 1. The number of likely N-dealkylation sites (tertiary alicyclic amines) is 1. The molecular weight excluding hydrogens is 368 g/mol. The first kappa shape index (κ1) is 19.6. The standard InChI is InChI=1S/C23H26N2O4/c26-19(16-29-20-7-8-21-17(14-20)6-9-22(27)24-21)15-25-12-10-23(28,11-13-25)18-4-2-1-3-5-18/h1-9,14,19,26,28H,10-13,15-16H2,(H,24,27)/t19-/m0/s1. The number of ether oxygens (including phenoxy) is 1. The van der Waals surface area contributed by atoms with Crippen molar-refractivity contribution in [3.8, 4) is 5.75 Å². The summed E-state index contributed by atoms with van der Waals surface area (Å²) in [6, 6.07) is 18.4. The number of aromatic nitrogens is 1. The molecule has 0 unspecified atom stereocenters. The molecule has 4 rings (SSSR count). The summed E-state index contributed by atoms with van der Waals surface area (Å²) in [5.41, 5.74) is 0.791. The van der Waals surface area contributed by atoms with Gasteiger partial charge in [-0.15, -0.1) is 0 Å². The minimum Gasteiger partial charge on any atom is -0.491 e. The molecule has 2 aromatic carbocycles. The number of hydrogen-bond donors (Lipinski definition) is 3. The fourth-order valence-electron chi connectivity index (χ4n) is 3.91. The molecule has 3 N–H and O–H groups in total. The van der Waals surface area contributed by atoms with E-state index in [0.29, 0.717) is 25.1 Å². The predicted octanol–water partition coefficient (Wildman–Crippen LogP) is 2.25. The van der Waals surface area contributed by atoms with Gasteiger partial charge in [0, 0.05) is 36.6 Å². The second-order valence-electron chi connectivity index (χ2n) is 7.73. The van der Waals surface area contributed by atoms with Gasteiger partial charge in [0.2, 0.25) is 5.56 Å². The van der Waals surface area contributed by atoms with Crippen molar-refractivity contribution in [3.05, 3.63) is 76.6 Å². The Morgan fingerprint density at radius 2 is 1.83 bits per heavy atom. The minimum atomic E-state index is -0.786. The van der Waals surface area contributed by atoms with Crippen molar-refractivity contribution in [3.63, 3.8) is 0 Å². The Morgan fingerprint density at radius 3 is 2.59 bits per heavy atom. The number of hydrogen-bond acceptors (Lipinski definition) is 5. The van der Waals surface area contributed by atoms with E-state index in [2.05, 4.69) is 9.88 Å². The Morgan fingerprint density at radius 1 is 1.07 bits per heavy atom. The molecule has 0 spiro atoms. The minimum absolute atomic E-state index is 0.137. The van der Waals surface area contributed by atoms with Gasteiger partial charge in [-0.25, -0.2) is 0 Å². The smallest absolute Gasteiger partial charge is 0.248 e. The Labute approximate surface area is 169 Å². The average Bonchev–Trinajstić information content (AvgIpc) is 2.74. The van der Waals surface area contributed by atoms with Crippen LogP contribution < -0.4 is 10.3 Å². The van der Waals surface area contributed by atoms with Crippen LogP contribution >= 0.6 is 0 Å². The Bertz CT molecular complexity index is 1010. The monoisotopic (exact) mass is 394 g/mol. The molecule has 0 saturated carbocycles. The zero-order valence-corrected chi connectivity index (χ0v) is 16.3. The normalized spacial score (nSPS) is 17.9. The van der Waals surface area contributed by atoms with Gasteiger partial charge >= 0.3 is 0 Å². The molecule has 1 saturated heterocycles. The molecule has 6 nitrogen and oxygen atoms in total. The Kier molecular flexibility index (Phi) is 5.67. The lowest BCUT2D eigenvalue weighted by atomic mass is 9.84. The van der Waals surface area contributed by atoms with Crippen LogP contribution in [0.25, 0.3) is 10.9 Å². The van der Waals surface area contributed by atoms with Crippen LogP contribution in [0, 0.1) is 0 Å².